The Balaban J connectivity index is 2.55. The van der Waals surface area contributed by atoms with Gasteiger partial charge in [-0.2, -0.15) is 0 Å². The first-order chi connectivity index (χ1) is 6.66. The van der Waals surface area contributed by atoms with Crippen molar-refractivity contribution in [3.63, 3.8) is 0 Å². The van der Waals surface area contributed by atoms with E-state index in [1.54, 1.807) is 0 Å². The van der Waals surface area contributed by atoms with Crippen LogP contribution in [0, 0.1) is 20.8 Å². The van der Waals surface area contributed by atoms with Gasteiger partial charge in [0.05, 0.1) is 0 Å². The second kappa shape index (κ2) is 3.33. The number of hydrogen-bond acceptors (Lipinski definition) is 0. The molecular formula is C13H15N. The van der Waals surface area contributed by atoms with E-state index in [-0.39, 0.29) is 0 Å². The van der Waals surface area contributed by atoms with Crippen molar-refractivity contribution in [2.24, 2.45) is 0 Å². The van der Waals surface area contributed by atoms with Crippen LogP contribution >= 0.6 is 0 Å². The highest BCUT2D eigenvalue weighted by Gasteiger charge is 2.00. The van der Waals surface area contributed by atoms with Crippen molar-refractivity contribution in [2.75, 3.05) is 0 Å². The quantitative estimate of drug-likeness (QED) is 0.641. The van der Waals surface area contributed by atoms with E-state index < -0.39 is 0 Å². The van der Waals surface area contributed by atoms with Crippen molar-refractivity contribution in [3.8, 4) is 5.69 Å². The predicted molar refractivity (Wildman–Crippen MR) is 60.0 cm³/mol. The molecule has 0 saturated carbocycles. The van der Waals surface area contributed by atoms with E-state index in [1.165, 1.54) is 22.4 Å². The van der Waals surface area contributed by atoms with Crippen molar-refractivity contribution < 1.29 is 0 Å². The molecule has 0 atom stereocenters. The summed E-state index contributed by atoms with van der Waals surface area (Å²) in [6.45, 7) is 6.38. The van der Waals surface area contributed by atoms with Gasteiger partial charge in [-0.15, -0.1) is 0 Å². The van der Waals surface area contributed by atoms with Gasteiger partial charge in [0.2, 0.25) is 0 Å². The molecule has 2 rings (SSSR count). The first kappa shape index (κ1) is 9.07. The van der Waals surface area contributed by atoms with Gasteiger partial charge < -0.3 is 4.57 Å². The highest BCUT2D eigenvalue weighted by Crippen LogP contribution is 2.16. The maximum Gasteiger partial charge on any atom is 0.0481 e. The molecule has 0 bridgehead atoms. The molecular weight excluding hydrogens is 170 g/mol. The zero-order valence-electron chi connectivity index (χ0n) is 8.91. The summed E-state index contributed by atoms with van der Waals surface area (Å²) in [5, 5.41) is 0. The van der Waals surface area contributed by atoms with Crippen LogP contribution in [0.3, 0.4) is 0 Å². The molecule has 0 aliphatic carbocycles. The largest absolute Gasteiger partial charge is 0.323 e. The summed E-state index contributed by atoms with van der Waals surface area (Å²) in [7, 11) is 0. The molecule has 1 heteroatoms. The summed E-state index contributed by atoms with van der Waals surface area (Å²) < 4.78 is 2.18. The van der Waals surface area contributed by atoms with Crippen LogP contribution in [0.1, 0.15) is 16.7 Å². The number of rotatable bonds is 1. The Bertz CT molecular complexity index is 452. The molecule has 0 N–H and O–H groups in total. The standard InChI is InChI=1S/C13H15N/c1-10-4-5-12(3)13(8-10)14-7-6-11(2)9-14/h4-9H,1-3H3. The monoisotopic (exact) mass is 185 g/mol. The van der Waals surface area contributed by atoms with E-state index in [0.717, 1.165) is 0 Å². The highest BCUT2D eigenvalue weighted by molar-refractivity contribution is 5.43. The van der Waals surface area contributed by atoms with E-state index >= 15 is 0 Å². The summed E-state index contributed by atoms with van der Waals surface area (Å²) in [6.07, 6.45) is 4.26. The lowest BCUT2D eigenvalue weighted by molar-refractivity contribution is 1.05. The van der Waals surface area contributed by atoms with Gasteiger partial charge in [-0.1, -0.05) is 12.1 Å². The topological polar surface area (TPSA) is 4.93 Å². The maximum atomic E-state index is 2.22. The Kier molecular flexibility index (Phi) is 2.16. The number of benzene rings is 1. The minimum absolute atomic E-state index is 1.28. The highest BCUT2D eigenvalue weighted by atomic mass is 14.9. The SMILES string of the molecule is Cc1ccc(C)c(-n2ccc(C)c2)c1. The summed E-state index contributed by atoms with van der Waals surface area (Å²) in [5.41, 5.74) is 5.19. The molecule has 0 unspecified atom stereocenters. The van der Waals surface area contributed by atoms with E-state index in [4.69, 9.17) is 0 Å². The van der Waals surface area contributed by atoms with Crippen LogP contribution in [0.5, 0.6) is 0 Å². The van der Waals surface area contributed by atoms with Crippen LogP contribution in [0.2, 0.25) is 0 Å². The smallest absolute Gasteiger partial charge is 0.0481 e. The minimum atomic E-state index is 1.28. The van der Waals surface area contributed by atoms with Crippen LogP contribution in [0.15, 0.2) is 36.7 Å². The normalized spacial score (nSPS) is 10.5. The van der Waals surface area contributed by atoms with Crippen LogP contribution in [0.4, 0.5) is 0 Å². The van der Waals surface area contributed by atoms with E-state index in [9.17, 15) is 0 Å². The summed E-state index contributed by atoms with van der Waals surface area (Å²) in [5.74, 6) is 0. The van der Waals surface area contributed by atoms with Crippen molar-refractivity contribution in [1.29, 1.82) is 0 Å². The number of aryl methyl sites for hydroxylation is 3. The lowest BCUT2D eigenvalue weighted by Gasteiger charge is -2.07. The molecule has 1 nitrogen and oxygen atoms in total. The van der Waals surface area contributed by atoms with Crippen LogP contribution in [0.25, 0.3) is 5.69 Å². The molecule has 0 amide bonds. The number of nitrogens with zero attached hydrogens (tertiary/aromatic N) is 1. The van der Waals surface area contributed by atoms with Crippen molar-refractivity contribution in [3.05, 3.63) is 53.3 Å². The molecule has 72 valence electrons. The van der Waals surface area contributed by atoms with Gasteiger partial charge in [-0.25, -0.2) is 0 Å². The molecule has 14 heavy (non-hydrogen) atoms. The fourth-order valence-electron chi connectivity index (χ4n) is 1.65. The lowest BCUT2D eigenvalue weighted by atomic mass is 10.1. The first-order valence-electron chi connectivity index (χ1n) is 4.89. The Hall–Kier alpha value is -1.50. The first-order valence-corrected chi connectivity index (χ1v) is 4.89. The van der Waals surface area contributed by atoms with Gasteiger partial charge >= 0.3 is 0 Å². The Morgan fingerprint density at radius 2 is 1.71 bits per heavy atom. The van der Waals surface area contributed by atoms with Crippen molar-refractivity contribution in [1.82, 2.24) is 4.57 Å². The van der Waals surface area contributed by atoms with Gasteiger partial charge in [0.15, 0.2) is 0 Å². The maximum absolute atomic E-state index is 2.22. The molecule has 0 aliphatic heterocycles. The van der Waals surface area contributed by atoms with Crippen molar-refractivity contribution >= 4 is 0 Å². The van der Waals surface area contributed by atoms with E-state index in [1.807, 2.05) is 0 Å². The predicted octanol–water partition coefficient (Wildman–Crippen LogP) is 3.40. The molecule has 1 heterocycles. The van der Waals surface area contributed by atoms with Crippen LogP contribution in [-0.2, 0) is 0 Å². The van der Waals surface area contributed by atoms with Crippen LogP contribution < -0.4 is 0 Å². The third-order valence-corrected chi connectivity index (χ3v) is 2.48. The second-order valence-electron chi connectivity index (χ2n) is 3.89. The Labute approximate surface area is 85.0 Å². The zero-order valence-corrected chi connectivity index (χ0v) is 8.91. The third-order valence-electron chi connectivity index (χ3n) is 2.48. The third kappa shape index (κ3) is 1.58. The number of hydrogen-bond donors (Lipinski definition) is 0. The fraction of sp³-hybridized carbons (Fsp3) is 0.231. The molecule has 0 saturated heterocycles. The average Bonchev–Trinajstić information content (AvgIpc) is 2.56. The molecule has 0 aliphatic rings. The van der Waals surface area contributed by atoms with Crippen molar-refractivity contribution in [2.45, 2.75) is 20.8 Å². The fourth-order valence-corrected chi connectivity index (χ4v) is 1.65. The van der Waals surface area contributed by atoms with Gasteiger partial charge in [0.1, 0.15) is 0 Å². The van der Waals surface area contributed by atoms with Gasteiger partial charge in [0, 0.05) is 18.1 Å². The molecule has 0 spiro atoms. The molecule has 0 radical (unpaired) electrons. The van der Waals surface area contributed by atoms with E-state index in [2.05, 4.69) is 62.0 Å². The minimum Gasteiger partial charge on any atom is -0.323 e. The average molecular weight is 185 g/mol. The summed E-state index contributed by atoms with van der Waals surface area (Å²) in [6, 6.07) is 8.66. The molecule has 1 aromatic carbocycles. The number of aromatic nitrogens is 1. The van der Waals surface area contributed by atoms with Gasteiger partial charge in [-0.3, -0.25) is 0 Å². The van der Waals surface area contributed by atoms with Gasteiger partial charge in [0.25, 0.3) is 0 Å². The Morgan fingerprint density at radius 3 is 2.36 bits per heavy atom. The molecule has 1 aromatic heterocycles. The summed E-state index contributed by atoms with van der Waals surface area (Å²) in [4.78, 5) is 0. The van der Waals surface area contributed by atoms with Crippen LogP contribution in [-0.4, -0.2) is 4.57 Å². The Morgan fingerprint density at radius 1 is 0.929 bits per heavy atom. The van der Waals surface area contributed by atoms with Gasteiger partial charge in [-0.05, 0) is 49.6 Å². The summed E-state index contributed by atoms with van der Waals surface area (Å²) >= 11 is 0. The zero-order chi connectivity index (χ0) is 10.1. The lowest BCUT2D eigenvalue weighted by Crippen LogP contribution is -1.93. The second-order valence-corrected chi connectivity index (χ2v) is 3.89. The van der Waals surface area contributed by atoms with E-state index in [0.29, 0.717) is 0 Å². The molecule has 2 aromatic rings. The molecule has 0 fully saturated rings.